The van der Waals surface area contributed by atoms with Crippen molar-refractivity contribution in [3.05, 3.63) is 11.5 Å². The molecule has 1 aromatic heterocycles. The smallest absolute Gasteiger partial charge is 0.232 e. The second-order valence-corrected chi connectivity index (χ2v) is 2.73. The molecule has 10 heavy (non-hydrogen) atoms. The van der Waals surface area contributed by atoms with Crippen LogP contribution in [-0.4, -0.2) is 15.1 Å². The summed E-state index contributed by atoms with van der Waals surface area (Å²) >= 11 is 0. The molecule has 0 aliphatic rings. The molecule has 0 saturated carbocycles. The number of aryl methyl sites for hydroxylation is 1. The third-order valence-electron chi connectivity index (χ3n) is 1.42. The van der Waals surface area contributed by atoms with Gasteiger partial charge in [-0.1, -0.05) is 13.8 Å². The van der Waals surface area contributed by atoms with Crippen molar-refractivity contribution in [1.82, 2.24) is 9.97 Å². The Morgan fingerprint density at radius 1 is 1.50 bits per heavy atom. The molecule has 0 atom stereocenters. The molecule has 0 amide bonds. The lowest BCUT2D eigenvalue weighted by Gasteiger charge is -1.95. The molecule has 0 aliphatic heterocycles. The quantitative estimate of drug-likeness (QED) is 0.621. The molecule has 1 rings (SSSR count). The van der Waals surface area contributed by atoms with Crippen LogP contribution in [0.25, 0.3) is 0 Å². The number of aromatic nitrogens is 2. The molecule has 2 N–H and O–H groups in total. The summed E-state index contributed by atoms with van der Waals surface area (Å²) in [6.45, 7) is 5.85. The van der Waals surface area contributed by atoms with E-state index < -0.39 is 0 Å². The summed E-state index contributed by atoms with van der Waals surface area (Å²) in [5, 5.41) is 9.05. The Morgan fingerprint density at radius 2 is 2.10 bits per heavy atom. The van der Waals surface area contributed by atoms with Gasteiger partial charge in [-0.2, -0.15) is 4.98 Å². The molecule has 0 saturated heterocycles. The Kier molecular flexibility index (Phi) is 1.66. The van der Waals surface area contributed by atoms with Crippen LogP contribution < -0.4 is 0 Å². The maximum Gasteiger partial charge on any atom is 0.232 e. The van der Waals surface area contributed by atoms with Gasteiger partial charge in [0.2, 0.25) is 5.88 Å². The molecule has 0 aliphatic carbocycles. The maximum absolute atomic E-state index is 9.05. The van der Waals surface area contributed by atoms with Crippen molar-refractivity contribution in [1.29, 1.82) is 0 Å². The second-order valence-electron chi connectivity index (χ2n) is 2.73. The van der Waals surface area contributed by atoms with Crippen LogP contribution in [0.2, 0.25) is 0 Å². The highest BCUT2D eigenvalue weighted by molar-refractivity contribution is 5.18. The van der Waals surface area contributed by atoms with E-state index >= 15 is 0 Å². The van der Waals surface area contributed by atoms with E-state index in [1.54, 1.807) is 6.92 Å². The predicted molar refractivity (Wildman–Crippen MR) is 39.1 cm³/mol. The van der Waals surface area contributed by atoms with Gasteiger partial charge in [0.1, 0.15) is 5.82 Å². The van der Waals surface area contributed by atoms with Crippen molar-refractivity contribution in [2.75, 3.05) is 0 Å². The molecule has 0 unspecified atom stereocenters. The van der Waals surface area contributed by atoms with Crippen LogP contribution in [0.1, 0.15) is 31.3 Å². The molecule has 1 aromatic rings. The number of hydrogen-bond donors (Lipinski definition) is 2. The van der Waals surface area contributed by atoms with E-state index in [1.807, 2.05) is 13.8 Å². The average molecular weight is 140 g/mol. The van der Waals surface area contributed by atoms with Crippen molar-refractivity contribution < 1.29 is 5.11 Å². The number of aromatic amines is 1. The predicted octanol–water partition coefficient (Wildman–Crippen LogP) is 1.55. The van der Waals surface area contributed by atoms with Gasteiger partial charge in [0.15, 0.2) is 0 Å². The van der Waals surface area contributed by atoms with E-state index in [-0.39, 0.29) is 5.88 Å². The number of rotatable bonds is 1. The van der Waals surface area contributed by atoms with Crippen LogP contribution in [0.15, 0.2) is 0 Å². The normalized spacial score (nSPS) is 10.8. The summed E-state index contributed by atoms with van der Waals surface area (Å²) in [4.78, 5) is 6.89. The van der Waals surface area contributed by atoms with Crippen LogP contribution in [-0.2, 0) is 0 Å². The topological polar surface area (TPSA) is 48.9 Å². The van der Waals surface area contributed by atoms with Gasteiger partial charge in [-0.05, 0) is 6.92 Å². The number of nitrogens with zero attached hydrogens (tertiary/aromatic N) is 1. The zero-order valence-electron chi connectivity index (χ0n) is 6.47. The van der Waals surface area contributed by atoms with Crippen molar-refractivity contribution in [2.45, 2.75) is 26.7 Å². The van der Waals surface area contributed by atoms with Crippen LogP contribution >= 0.6 is 0 Å². The molecule has 1 heterocycles. The molecule has 0 bridgehead atoms. The van der Waals surface area contributed by atoms with Crippen molar-refractivity contribution >= 4 is 0 Å². The summed E-state index contributed by atoms with van der Waals surface area (Å²) < 4.78 is 0. The monoisotopic (exact) mass is 140 g/mol. The maximum atomic E-state index is 9.05. The fourth-order valence-corrected chi connectivity index (χ4v) is 0.747. The number of aromatic hydroxyl groups is 1. The molecule has 56 valence electrons. The van der Waals surface area contributed by atoms with Crippen LogP contribution in [0.3, 0.4) is 0 Å². The fraction of sp³-hybridized carbons (Fsp3) is 0.571. The van der Waals surface area contributed by atoms with E-state index in [2.05, 4.69) is 9.97 Å². The lowest BCUT2D eigenvalue weighted by Crippen LogP contribution is -1.88. The van der Waals surface area contributed by atoms with Crippen molar-refractivity contribution in [3.8, 4) is 5.88 Å². The van der Waals surface area contributed by atoms with Crippen molar-refractivity contribution in [3.63, 3.8) is 0 Å². The van der Waals surface area contributed by atoms with Gasteiger partial charge in [0, 0.05) is 5.92 Å². The molecule has 0 fully saturated rings. The first-order valence-electron chi connectivity index (χ1n) is 3.36. The van der Waals surface area contributed by atoms with Gasteiger partial charge in [-0.3, -0.25) is 0 Å². The minimum Gasteiger partial charge on any atom is -0.492 e. The number of H-pyrrole nitrogens is 1. The lowest BCUT2D eigenvalue weighted by molar-refractivity contribution is 0.450. The standard InChI is InChI=1S/C7H12N2O/c1-4(2)6-8-5(3)7(10)9-6/h4,10H,1-3H3,(H,8,9). The largest absolute Gasteiger partial charge is 0.492 e. The van der Waals surface area contributed by atoms with E-state index in [0.29, 0.717) is 5.92 Å². The molecule has 0 spiro atoms. The number of nitrogens with one attached hydrogen (secondary N) is 1. The van der Waals surface area contributed by atoms with E-state index in [1.165, 1.54) is 0 Å². The Hall–Kier alpha value is -0.990. The first kappa shape index (κ1) is 7.12. The molecular formula is C7H12N2O. The molecule has 3 heteroatoms. The zero-order chi connectivity index (χ0) is 7.72. The average Bonchev–Trinajstić information content (AvgIpc) is 2.13. The third kappa shape index (κ3) is 1.12. The van der Waals surface area contributed by atoms with Crippen LogP contribution in [0.5, 0.6) is 5.88 Å². The van der Waals surface area contributed by atoms with E-state index in [9.17, 15) is 0 Å². The van der Waals surface area contributed by atoms with Crippen LogP contribution in [0.4, 0.5) is 0 Å². The summed E-state index contributed by atoms with van der Waals surface area (Å²) in [5.41, 5.74) is 0.740. The minimum atomic E-state index is 0.115. The first-order chi connectivity index (χ1) is 4.61. The number of hydrogen-bond acceptors (Lipinski definition) is 2. The molecule has 0 radical (unpaired) electrons. The third-order valence-corrected chi connectivity index (χ3v) is 1.42. The zero-order valence-corrected chi connectivity index (χ0v) is 6.47. The lowest BCUT2D eigenvalue weighted by atomic mass is 10.2. The molecular weight excluding hydrogens is 128 g/mol. The van der Waals surface area contributed by atoms with Gasteiger partial charge >= 0.3 is 0 Å². The fourth-order valence-electron chi connectivity index (χ4n) is 0.747. The Bertz CT molecular complexity index is 208. The highest BCUT2D eigenvalue weighted by Crippen LogP contribution is 2.16. The summed E-state index contributed by atoms with van der Waals surface area (Å²) in [7, 11) is 0. The Balaban J connectivity index is 2.98. The Morgan fingerprint density at radius 3 is 2.30 bits per heavy atom. The van der Waals surface area contributed by atoms with Gasteiger partial charge in [-0.15, -0.1) is 0 Å². The van der Waals surface area contributed by atoms with Gasteiger partial charge in [-0.25, -0.2) is 0 Å². The molecule has 3 nitrogen and oxygen atoms in total. The van der Waals surface area contributed by atoms with Gasteiger partial charge in [0.05, 0.1) is 5.69 Å². The number of imidazole rings is 1. The first-order valence-corrected chi connectivity index (χ1v) is 3.36. The summed E-state index contributed by atoms with van der Waals surface area (Å²) in [6.07, 6.45) is 0. The second kappa shape index (κ2) is 2.33. The minimum absolute atomic E-state index is 0.115. The SMILES string of the molecule is Cc1[nH]c(C(C)C)nc1O. The highest BCUT2D eigenvalue weighted by atomic mass is 16.3. The van der Waals surface area contributed by atoms with Crippen LogP contribution in [0, 0.1) is 6.92 Å². The highest BCUT2D eigenvalue weighted by Gasteiger charge is 2.06. The summed E-state index contributed by atoms with van der Waals surface area (Å²) in [5.74, 6) is 1.30. The van der Waals surface area contributed by atoms with Gasteiger partial charge in [0.25, 0.3) is 0 Å². The van der Waals surface area contributed by atoms with E-state index in [0.717, 1.165) is 11.5 Å². The van der Waals surface area contributed by atoms with E-state index in [4.69, 9.17) is 5.11 Å². The van der Waals surface area contributed by atoms with Crippen molar-refractivity contribution in [2.24, 2.45) is 0 Å². The van der Waals surface area contributed by atoms with Gasteiger partial charge < -0.3 is 10.1 Å². The Labute approximate surface area is 60.1 Å². The summed E-state index contributed by atoms with van der Waals surface area (Å²) in [6, 6.07) is 0. The molecule has 0 aromatic carbocycles.